The molecule has 0 saturated heterocycles. The lowest BCUT2D eigenvalue weighted by Crippen LogP contribution is -2.18. The zero-order valence-corrected chi connectivity index (χ0v) is 13.1. The molecule has 0 amide bonds. The summed E-state index contributed by atoms with van der Waals surface area (Å²) in [5.41, 5.74) is 0.865. The molecular weight excluding hydrogens is 358 g/mol. The van der Waals surface area contributed by atoms with Crippen LogP contribution in [0.5, 0.6) is 0 Å². The second-order valence-corrected chi connectivity index (χ2v) is 5.93. The molecule has 0 aliphatic rings. The Morgan fingerprint density at radius 3 is 2.89 bits per heavy atom. The Hall–Kier alpha value is -0.950. The quantitative estimate of drug-likeness (QED) is 0.809. The summed E-state index contributed by atoms with van der Waals surface area (Å²) in [7, 11) is 0. The van der Waals surface area contributed by atoms with Crippen LogP contribution in [0, 0.1) is 15.3 Å². The second-order valence-electron chi connectivity index (χ2n) is 4.77. The van der Waals surface area contributed by atoms with Crippen molar-refractivity contribution >= 4 is 22.6 Å². The molecule has 5 heteroatoms. The highest BCUT2D eigenvalue weighted by atomic mass is 127. The van der Waals surface area contributed by atoms with Gasteiger partial charge in [-0.25, -0.2) is 9.37 Å². The molecule has 0 aliphatic heterocycles. The van der Waals surface area contributed by atoms with Gasteiger partial charge in [0.15, 0.2) is 5.76 Å². The fourth-order valence-corrected chi connectivity index (χ4v) is 2.42. The average Bonchev–Trinajstić information content (AvgIpc) is 2.77. The van der Waals surface area contributed by atoms with Crippen molar-refractivity contribution in [3.05, 3.63) is 39.7 Å². The van der Waals surface area contributed by atoms with Crippen LogP contribution < -0.4 is 5.32 Å². The molecule has 0 atom stereocenters. The van der Waals surface area contributed by atoms with Crippen molar-refractivity contribution in [2.24, 2.45) is 5.92 Å². The molecule has 0 bridgehead atoms. The van der Waals surface area contributed by atoms with Crippen molar-refractivity contribution in [2.75, 3.05) is 6.54 Å². The second kappa shape index (κ2) is 6.47. The Kier molecular flexibility index (Phi) is 4.93. The van der Waals surface area contributed by atoms with Crippen LogP contribution in [-0.2, 0) is 6.54 Å². The molecule has 0 saturated carbocycles. The van der Waals surface area contributed by atoms with Crippen LogP contribution in [0.4, 0.5) is 4.39 Å². The maximum Gasteiger partial charge on any atom is 0.208 e. The Morgan fingerprint density at radius 2 is 2.21 bits per heavy atom. The number of oxazole rings is 1. The zero-order valence-electron chi connectivity index (χ0n) is 10.9. The van der Waals surface area contributed by atoms with E-state index in [1.807, 2.05) is 0 Å². The minimum atomic E-state index is -0.244. The summed E-state index contributed by atoms with van der Waals surface area (Å²) in [6.45, 7) is 5.82. The molecule has 102 valence electrons. The highest BCUT2D eigenvalue weighted by Gasteiger charge is 2.10. The van der Waals surface area contributed by atoms with Gasteiger partial charge in [0.05, 0.1) is 12.7 Å². The Labute approximate surface area is 125 Å². The van der Waals surface area contributed by atoms with Crippen LogP contribution in [0.25, 0.3) is 11.3 Å². The SMILES string of the molecule is CC(C)CNCc1ncc(-c2ccc(F)cc2I)o1. The van der Waals surface area contributed by atoms with E-state index in [0.29, 0.717) is 24.1 Å². The molecular formula is C14H16FIN2O. The monoisotopic (exact) mass is 374 g/mol. The molecule has 0 aliphatic carbocycles. The van der Waals surface area contributed by atoms with Crippen molar-refractivity contribution in [3.8, 4) is 11.3 Å². The number of hydrogen-bond acceptors (Lipinski definition) is 3. The van der Waals surface area contributed by atoms with E-state index in [0.717, 1.165) is 15.7 Å². The third kappa shape index (κ3) is 4.01. The molecule has 3 nitrogen and oxygen atoms in total. The Bertz CT molecular complexity index is 554. The van der Waals surface area contributed by atoms with Gasteiger partial charge in [0.25, 0.3) is 0 Å². The third-order valence-electron chi connectivity index (χ3n) is 2.58. The van der Waals surface area contributed by atoms with E-state index in [9.17, 15) is 4.39 Å². The van der Waals surface area contributed by atoms with Gasteiger partial charge in [-0.3, -0.25) is 0 Å². The molecule has 1 heterocycles. The van der Waals surface area contributed by atoms with E-state index in [-0.39, 0.29) is 5.82 Å². The first-order valence-electron chi connectivity index (χ1n) is 6.17. The van der Waals surface area contributed by atoms with Crippen molar-refractivity contribution in [1.29, 1.82) is 0 Å². The molecule has 1 N–H and O–H groups in total. The number of halogens is 2. The van der Waals surface area contributed by atoms with E-state index >= 15 is 0 Å². The standard InChI is InChI=1S/C14H16FIN2O/c1-9(2)6-17-8-14-18-7-13(19-14)11-4-3-10(15)5-12(11)16/h3-5,7,9,17H,6,8H2,1-2H3. The summed E-state index contributed by atoms with van der Waals surface area (Å²) < 4.78 is 19.5. The van der Waals surface area contributed by atoms with Gasteiger partial charge in [0, 0.05) is 9.13 Å². The van der Waals surface area contributed by atoms with Crippen LogP contribution in [0.2, 0.25) is 0 Å². The van der Waals surface area contributed by atoms with Crippen LogP contribution >= 0.6 is 22.6 Å². The molecule has 1 aromatic carbocycles. The summed E-state index contributed by atoms with van der Waals surface area (Å²) in [6, 6.07) is 4.62. The largest absolute Gasteiger partial charge is 0.439 e. The summed E-state index contributed by atoms with van der Waals surface area (Å²) in [6.07, 6.45) is 1.68. The van der Waals surface area contributed by atoms with E-state index in [1.165, 1.54) is 12.1 Å². The van der Waals surface area contributed by atoms with Crippen molar-refractivity contribution < 1.29 is 8.81 Å². The molecule has 0 radical (unpaired) electrons. The highest BCUT2D eigenvalue weighted by molar-refractivity contribution is 14.1. The van der Waals surface area contributed by atoms with Crippen molar-refractivity contribution in [1.82, 2.24) is 10.3 Å². The summed E-state index contributed by atoms with van der Waals surface area (Å²) in [4.78, 5) is 4.23. The lowest BCUT2D eigenvalue weighted by atomic mass is 10.2. The highest BCUT2D eigenvalue weighted by Crippen LogP contribution is 2.26. The minimum Gasteiger partial charge on any atom is -0.439 e. The fourth-order valence-electron chi connectivity index (χ4n) is 1.67. The average molecular weight is 374 g/mol. The number of aromatic nitrogens is 1. The van der Waals surface area contributed by atoms with Crippen molar-refractivity contribution in [3.63, 3.8) is 0 Å². The molecule has 19 heavy (non-hydrogen) atoms. The van der Waals surface area contributed by atoms with Gasteiger partial charge >= 0.3 is 0 Å². The lowest BCUT2D eigenvalue weighted by molar-refractivity contribution is 0.459. The van der Waals surface area contributed by atoms with Gasteiger partial charge in [0.1, 0.15) is 5.82 Å². The van der Waals surface area contributed by atoms with E-state index in [1.54, 1.807) is 12.3 Å². The first-order valence-corrected chi connectivity index (χ1v) is 7.25. The number of nitrogens with one attached hydrogen (secondary N) is 1. The van der Waals surface area contributed by atoms with Crippen LogP contribution in [0.15, 0.2) is 28.8 Å². The summed E-state index contributed by atoms with van der Waals surface area (Å²) >= 11 is 2.09. The number of rotatable bonds is 5. The van der Waals surface area contributed by atoms with E-state index < -0.39 is 0 Å². The Morgan fingerprint density at radius 1 is 1.42 bits per heavy atom. The molecule has 0 fully saturated rings. The molecule has 0 spiro atoms. The van der Waals surface area contributed by atoms with E-state index in [2.05, 4.69) is 46.7 Å². The normalized spacial score (nSPS) is 11.2. The van der Waals surface area contributed by atoms with Crippen LogP contribution in [-0.4, -0.2) is 11.5 Å². The van der Waals surface area contributed by atoms with Gasteiger partial charge < -0.3 is 9.73 Å². The Balaban J connectivity index is 2.08. The molecule has 1 aromatic heterocycles. The topological polar surface area (TPSA) is 38.1 Å². The third-order valence-corrected chi connectivity index (χ3v) is 3.47. The van der Waals surface area contributed by atoms with Crippen molar-refractivity contribution in [2.45, 2.75) is 20.4 Å². The van der Waals surface area contributed by atoms with E-state index in [4.69, 9.17) is 4.42 Å². The molecule has 2 rings (SSSR count). The summed E-state index contributed by atoms with van der Waals surface area (Å²) in [5, 5.41) is 3.27. The first-order chi connectivity index (χ1) is 9.06. The molecule has 2 aromatic rings. The maximum atomic E-state index is 13.0. The fraction of sp³-hybridized carbons (Fsp3) is 0.357. The van der Waals surface area contributed by atoms with Gasteiger partial charge in [-0.1, -0.05) is 13.8 Å². The summed E-state index contributed by atoms with van der Waals surface area (Å²) in [5.74, 6) is 1.67. The predicted octanol–water partition coefficient (Wildman–Crippen LogP) is 3.83. The number of benzene rings is 1. The maximum absolute atomic E-state index is 13.0. The van der Waals surface area contributed by atoms with Crippen LogP contribution in [0.1, 0.15) is 19.7 Å². The minimum absolute atomic E-state index is 0.244. The van der Waals surface area contributed by atoms with Gasteiger partial charge in [-0.05, 0) is 53.3 Å². The number of nitrogens with zero attached hydrogens (tertiary/aromatic N) is 1. The smallest absolute Gasteiger partial charge is 0.208 e. The molecule has 0 unspecified atom stereocenters. The zero-order chi connectivity index (χ0) is 13.8. The van der Waals surface area contributed by atoms with Gasteiger partial charge in [-0.15, -0.1) is 0 Å². The predicted molar refractivity (Wildman–Crippen MR) is 81.2 cm³/mol. The first kappa shape index (κ1) is 14.5. The lowest BCUT2D eigenvalue weighted by Gasteiger charge is -2.04. The van der Waals surface area contributed by atoms with Gasteiger partial charge in [0.2, 0.25) is 5.89 Å². The number of hydrogen-bond donors (Lipinski definition) is 1. The van der Waals surface area contributed by atoms with Gasteiger partial charge in [-0.2, -0.15) is 0 Å². The van der Waals surface area contributed by atoms with Crippen LogP contribution in [0.3, 0.4) is 0 Å².